The molecule has 13 aromatic rings. The molecule has 0 saturated carbocycles. The van der Waals surface area contributed by atoms with Crippen LogP contribution in [0.4, 0.5) is 0 Å². The van der Waals surface area contributed by atoms with Gasteiger partial charge in [0.25, 0.3) is 0 Å². The van der Waals surface area contributed by atoms with Gasteiger partial charge in [0.1, 0.15) is 28.0 Å². The molecule has 0 fully saturated rings. The average molecular weight is 718 g/mol. The van der Waals surface area contributed by atoms with Gasteiger partial charge in [-0.05, 0) is 47.9 Å². The fourth-order valence-electron chi connectivity index (χ4n) is 8.95. The van der Waals surface area contributed by atoms with Crippen molar-refractivity contribution in [1.29, 1.82) is 0 Å². The number of furan rings is 3. The first-order chi connectivity index (χ1) is 27.8. The normalized spacial score (nSPS) is 12.3. The third-order valence-electron chi connectivity index (χ3n) is 11.4. The molecule has 0 spiro atoms. The molecule has 0 radical (unpaired) electrons. The lowest BCUT2D eigenvalue weighted by atomic mass is 9.99. The van der Waals surface area contributed by atoms with E-state index in [1.165, 1.54) is 0 Å². The predicted octanol–water partition coefficient (Wildman–Crippen LogP) is 13.8. The van der Waals surface area contributed by atoms with Gasteiger partial charge in [0.05, 0.1) is 16.7 Å². The largest absolute Gasteiger partial charge is 0.454 e. The SMILES string of the molecule is c1ccc(-c2nc(-c3cc4c5cccc(-n6c7ccccc7c7ccc8c9ccccc9oc8c76)c5oc4c4ccccc34)nc3c2oc2ccccc23)cc1. The van der Waals surface area contributed by atoms with Gasteiger partial charge in [0, 0.05) is 54.2 Å². The summed E-state index contributed by atoms with van der Waals surface area (Å²) < 4.78 is 22.5. The Hall–Kier alpha value is -7.70. The number of fused-ring (bicyclic) bond motifs is 15. The summed E-state index contributed by atoms with van der Waals surface area (Å²) in [7, 11) is 0. The average Bonchev–Trinajstić information content (AvgIpc) is 4.02. The Labute approximate surface area is 317 Å². The van der Waals surface area contributed by atoms with E-state index in [9.17, 15) is 0 Å². The third kappa shape index (κ3) is 3.94. The minimum atomic E-state index is 0.626. The van der Waals surface area contributed by atoms with Crippen molar-refractivity contribution in [1.82, 2.24) is 14.5 Å². The molecule has 8 aromatic carbocycles. The quantitative estimate of drug-likeness (QED) is 0.182. The van der Waals surface area contributed by atoms with Gasteiger partial charge in [-0.25, -0.2) is 9.97 Å². The summed E-state index contributed by atoms with van der Waals surface area (Å²) in [5, 5.41) is 9.41. The lowest BCUT2D eigenvalue weighted by Gasteiger charge is -2.09. The van der Waals surface area contributed by atoms with Crippen molar-refractivity contribution >= 4 is 98.5 Å². The topological polar surface area (TPSA) is 70.1 Å². The summed E-state index contributed by atoms with van der Waals surface area (Å²) in [5.74, 6) is 0.626. The molecule has 6 nitrogen and oxygen atoms in total. The van der Waals surface area contributed by atoms with Crippen LogP contribution in [0.2, 0.25) is 0 Å². The number of rotatable bonds is 3. The van der Waals surface area contributed by atoms with Gasteiger partial charge in [0.15, 0.2) is 22.6 Å². The Morgan fingerprint density at radius 2 is 1.02 bits per heavy atom. The molecular weight excluding hydrogens is 691 g/mol. The highest BCUT2D eigenvalue weighted by Gasteiger charge is 2.24. The lowest BCUT2D eigenvalue weighted by Crippen LogP contribution is -1.95. The molecule has 5 heterocycles. The molecule has 0 N–H and O–H groups in total. The van der Waals surface area contributed by atoms with E-state index in [-0.39, 0.29) is 0 Å². The van der Waals surface area contributed by atoms with E-state index in [0.717, 1.165) is 115 Å². The first-order valence-electron chi connectivity index (χ1n) is 18.7. The van der Waals surface area contributed by atoms with Crippen molar-refractivity contribution < 1.29 is 13.3 Å². The molecule has 260 valence electrons. The second-order valence-corrected chi connectivity index (χ2v) is 14.4. The minimum Gasteiger partial charge on any atom is -0.454 e. The van der Waals surface area contributed by atoms with Crippen LogP contribution in [0, 0.1) is 0 Å². The molecule has 0 saturated heterocycles. The van der Waals surface area contributed by atoms with Crippen molar-refractivity contribution in [2.75, 3.05) is 0 Å². The van der Waals surface area contributed by atoms with Crippen molar-refractivity contribution in [2.45, 2.75) is 0 Å². The second-order valence-electron chi connectivity index (χ2n) is 14.4. The molecule has 0 aliphatic heterocycles. The van der Waals surface area contributed by atoms with Crippen molar-refractivity contribution in [3.63, 3.8) is 0 Å². The summed E-state index contributed by atoms with van der Waals surface area (Å²) >= 11 is 0. The van der Waals surface area contributed by atoms with Crippen LogP contribution in [-0.4, -0.2) is 14.5 Å². The first-order valence-corrected chi connectivity index (χ1v) is 18.7. The Morgan fingerprint density at radius 1 is 0.393 bits per heavy atom. The van der Waals surface area contributed by atoms with Crippen LogP contribution >= 0.6 is 0 Å². The zero-order valence-electron chi connectivity index (χ0n) is 29.7. The van der Waals surface area contributed by atoms with Crippen LogP contribution in [0.15, 0.2) is 177 Å². The Morgan fingerprint density at radius 3 is 1.88 bits per heavy atom. The van der Waals surface area contributed by atoms with E-state index >= 15 is 0 Å². The van der Waals surface area contributed by atoms with Crippen molar-refractivity contribution in [3.05, 3.63) is 164 Å². The maximum atomic E-state index is 7.08. The van der Waals surface area contributed by atoms with E-state index in [1.807, 2.05) is 48.5 Å². The molecule has 0 bridgehead atoms. The number of para-hydroxylation sites is 4. The number of hydrogen-bond donors (Lipinski definition) is 0. The monoisotopic (exact) mass is 717 g/mol. The molecule has 0 unspecified atom stereocenters. The summed E-state index contributed by atoms with van der Waals surface area (Å²) in [5.41, 5.74) is 11.3. The van der Waals surface area contributed by atoms with Crippen LogP contribution in [-0.2, 0) is 0 Å². The number of hydrogen-bond acceptors (Lipinski definition) is 5. The zero-order valence-corrected chi connectivity index (χ0v) is 29.7. The van der Waals surface area contributed by atoms with Crippen molar-refractivity contribution in [3.8, 4) is 28.3 Å². The first kappa shape index (κ1) is 29.7. The molecule has 6 heteroatoms. The van der Waals surface area contributed by atoms with E-state index < -0.39 is 0 Å². The van der Waals surface area contributed by atoms with Gasteiger partial charge in [-0.3, -0.25) is 0 Å². The van der Waals surface area contributed by atoms with E-state index in [2.05, 4.69) is 120 Å². The van der Waals surface area contributed by atoms with Gasteiger partial charge < -0.3 is 17.8 Å². The van der Waals surface area contributed by atoms with Crippen molar-refractivity contribution in [2.24, 2.45) is 0 Å². The predicted molar refractivity (Wildman–Crippen MR) is 227 cm³/mol. The molecule has 0 amide bonds. The number of benzene rings is 8. The third-order valence-corrected chi connectivity index (χ3v) is 11.4. The zero-order chi connectivity index (χ0) is 36.5. The molecule has 0 aliphatic rings. The van der Waals surface area contributed by atoms with Gasteiger partial charge in [-0.1, -0.05) is 121 Å². The molecule has 0 atom stereocenters. The van der Waals surface area contributed by atoms with Crippen LogP contribution in [0.5, 0.6) is 0 Å². The van der Waals surface area contributed by atoms with Gasteiger partial charge in [-0.15, -0.1) is 0 Å². The molecule has 56 heavy (non-hydrogen) atoms. The molecule has 5 aromatic heterocycles. The number of aromatic nitrogens is 3. The standard InChI is InChI=1S/C50H27N3O3/c1-2-13-28(14-3-1)43-49-44(36-19-8-11-24-42(36)55-49)52-50(51-43)38-27-37-34-20-12-22-40(47(34)56-46(37)33-18-5-4-15-29(33)38)53-39-21-9-6-16-30(39)32-25-26-35-31-17-7-10-23-41(31)54-48(35)45(32)53/h1-27H. The van der Waals surface area contributed by atoms with Gasteiger partial charge in [-0.2, -0.15) is 0 Å². The highest BCUT2D eigenvalue weighted by Crippen LogP contribution is 2.45. The van der Waals surface area contributed by atoms with Crippen LogP contribution < -0.4 is 0 Å². The van der Waals surface area contributed by atoms with E-state index in [1.54, 1.807) is 0 Å². The Bertz CT molecular complexity index is 3770. The van der Waals surface area contributed by atoms with Crippen LogP contribution in [0.1, 0.15) is 0 Å². The van der Waals surface area contributed by atoms with Gasteiger partial charge >= 0.3 is 0 Å². The Balaban J connectivity index is 1.13. The summed E-state index contributed by atoms with van der Waals surface area (Å²) in [6.45, 7) is 0. The molecule has 13 rings (SSSR count). The van der Waals surface area contributed by atoms with E-state index in [0.29, 0.717) is 11.4 Å². The summed E-state index contributed by atoms with van der Waals surface area (Å²) in [4.78, 5) is 10.5. The fraction of sp³-hybridized carbons (Fsp3) is 0. The molecule has 0 aliphatic carbocycles. The highest BCUT2D eigenvalue weighted by molar-refractivity contribution is 6.24. The second kappa shape index (κ2) is 10.9. The molecular formula is C50H27N3O3. The van der Waals surface area contributed by atoms with Crippen LogP contribution in [0.25, 0.3) is 127 Å². The van der Waals surface area contributed by atoms with Crippen LogP contribution in [0.3, 0.4) is 0 Å². The summed E-state index contributed by atoms with van der Waals surface area (Å²) in [6.07, 6.45) is 0. The summed E-state index contributed by atoms with van der Waals surface area (Å²) in [6, 6.07) is 56.5. The highest BCUT2D eigenvalue weighted by atomic mass is 16.3. The minimum absolute atomic E-state index is 0.626. The van der Waals surface area contributed by atoms with Gasteiger partial charge in [0.2, 0.25) is 0 Å². The Kier molecular flexibility index (Phi) is 5.80. The maximum absolute atomic E-state index is 7.08. The fourth-order valence-corrected chi connectivity index (χ4v) is 8.95. The number of nitrogens with zero attached hydrogens (tertiary/aromatic N) is 3. The smallest absolute Gasteiger partial charge is 0.180 e. The maximum Gasteiger partial charge on any atom is 0.180 e. The van der Waals surface area contributed by atoms with E-state index in [4.69, 9.17) is 23.2 Å². The lowest BCUT2D eigenvalue weighted by molar-refractivity contribution is 0.666.